The molecule has 0 bridgehead atoms. The first-order valence-corrected chi connectivity index (χ1v) is 10.7. The van der Waals surface area contributed by atoms with Crippen molar-refractivity contribution >= 4 is 34.6 Å². The van der Waals surface area contributed by atoms with E-state index < -0.39 is 0 Å². The van der Waals surface area contributed by atoms with Crippen molar-refractivity contribution in [1.29, 1.82) is 0 Å². The lowest BCUT2D eigenvalue weighted by Gasteiger charge is -2.11. The van der Waals surface area contributed by atoms with Gasteiger partial charge in [-0.2, -0.15) is 0 Å². The van der Waals surface area contributed by atoms with Crippen molar-refractivity contribution in [2.45, 2.75) is 13.5 Å². The Bertz CT molecular complexity index is 1210. The second-order valence-electron chi connectivity index (χ2n) is 7.15. The quantitative estimate of drug-likeness (QED) is 0.498. The van der Waals surface area contributed by atoms with E-state index in [1.807, 2.05) is 37.3 Å². The lowest BCUT2D eigenvalue weighted by Crippen LogP contribution is -2.19. The lowest BCUT2D eigenvalue weighted by atomic mass is 10.2. The number of benzene rings is 3. The topological polar surface area (TPSA) is 59.9 Å². The van der Waals surface area contributed by atoms with E-state index in [0.29, 0.717) is 21.6 Å². The Kier molecular flexibility index (Phi) is 6.56. The average molecular weight is 449 g/mol. The first-order chi connectivity index (χ1) is 15.5. The van der Waals surface area contributed by atoms with Gasteiger partial charge in [0.1, 0.15) is 12.4 Å². The van der Waals surface area contributed by atoms with Crippen molar-refractivity contribution in [3.63, 3.8) is 0 Å². The number of ether oxygens (including phenoxy) is 2. The van der Waals surface area contributed by atoms with Gasteiger partial charge in [0.05, 0.1) is 17.7 Å². The monoisotopic (exact) mass is 448 g/mol. The summed E-state index contributed by atoms with van der Waals surface area (Å²) in [6.45, 7) is 2.22. The van der Waals surface area contributed by atoms with Crippen LogP contribution in [0.3, 0.4) is 0 Å². The SMILES string of the molecule is COc1cc(/C=C2/SC(=Nc3ccc(C)cc3)NC2=O)ccc1OCc1cccc(F)c1. The third-order valence-corrected chi connectivity index (χ3v) is 5.59. The maximum Gasteiger partial charge on any atom is 0.264 e. The smallest absolute Gasteiger partial charge is 0.264 e. The predicted molar refractivity (Wildman–Crippen MR) is 126 cm³/mol. The lowest BCUT2D eigenvalue weighted by molar-refractivity contribution is -0.115. The molecule has 0 aliphatic carbocycles. The summed E-state index contributed by atoms with van der Waals surface area (Å²) in [6, 6.07) is 19.4. The largest absolute Gasteiger partial charge is 0.493 e. The highest BCUT2D eigenvalue weighted by molar-refractivity contribution is 8.18. The molecule has 0 saturated carbocycles. The zero-order valence-corrected chi connectivity index (χ0v) is 18.4. The molecule has 3 aromatic carbocycles. The Balaban J connectivity index is 1.48. The molecule has 0 unspecified atom stereocenters. The zero-order valence-electron chi connectivity index (χ0n) is 17.6. The molecule has 4 rings (SSSR count). The van der Waals surface area contributed by atoms with Crippen LogP contribution in [-0.4, -0.2) is 18.2 Å². The molecule has 3 aromatic rings. The number of carbonyl (C=O) groups excluding carboxylic acids is 1. The number of hydrogen-bond acceptors (Lipinski definition) is 5. The van der Waals surface area contributed by atoms with Crippen LogP contribution < -0.4 is 14.8 Å². The minimum atomic E-state index is -0.308. The van der Waals surface area contributed by atoms with E-state index in [1.54, 1.807) is 37.5 Å². The summed E-state index contributed by atoms with van der Waals surface area (Å²) in [4.78, 5) is 17.4. The molecule has 1 heterocycles. The number of thioether (sulfide) groups is 1. The summed E-state index contributed by atoms with van der Waals surface area (Å²) in [5.74, 6) is 0.542. The Morgan fingerprint density at radius 3 is 2.62 bits per heavy atom. The van der Waals surface area contributed by atoms with Crippen molar-refractivity contribution in [3.05, 3.63) is 94.1 Å². The van der Waals surface area contributed by atoms with E-state index >= 15 is 0 Å². The summed E-state index contributed by atoms with van der Waals surface area (Å²) in [5, 5.41) is 3.32. The predicted octanol–water partition coefficient (Wildman–Crippen LogP) is 5.61. The number of hydrogen-bond donors (Lipinski definition) is 1. The molecule has 1 N–H and O–H groups in total. The Hall–Kier alpha value is -3.58. The summed E-state index contributed by atoms with van der Waals surface area (Å²) < 4.78 is 24.6. The summed E-state index contributed by atoms with van der Waals surface area (Å²) in [5.41, 5.74) is 3.43. The van der Waals surface area contributed by atoms with Crippen LogP contribution in [0.15, 0.2) is 76.6 Å². The second kappa shape index (κ2) is 9.70. The molecule has 0 radical (unpaired) electrons. The maximum atomic E-state index is 13.4. The number of carbonyl (C=O) groups is 1. The van der Waals surface area contributed by atoms with Crippen LogP contribution in [0.2, 0.25) is 0 Å². The van der Waals surface area contributed by atoms with E-state index in [-0.39, 0.29) is 18.3 Å². The Morgan fingerprint density at radius 1 is 1.06 bits per heavy atom. The van der Waals surface area contributed by atoms with E-state index in [9.17, 15) is 9.18 Å². The van der Waals surface area contributed by atoms with E-state index in [1.165, 1.54) is 23.9 Å². The van der Waals surface area contributed by atoms with Gasteiger partial charge in [0.2, 0.25) is 0 Å². The number of nitrogens with zero attached hydrogens (tertiary/aromatic N) is 1. The standard InChI is InChI=1S/C25H21FN2O3S/c1-16-6-9-20(10-7-16)27-25-28-24(29)23(32-25)14-17-8-11-21(22(13-17)30-2)31-15-18-4-3-5-19(26)12-18/h3-14H,15H2,1-2H3,(H,27,28,29)/b23-14+. The molecule has 162 valence electrons. The third-order valence-electron chi connectivity index (χ3n) is 4.68. The molecule has 1 saturated heterocycles. The number of halogens is 1. The van der Waals surface area contributed by atoms with Crippen LogP contribution >= 0.6 is 11.8 Å². The number of amides is 1. The molecule has 1 amide bonds. The van der Waals surface area contributed by atoms with E-state index in [4.69, 9.17) is 9.47 Å². The second-order valence-corrected chi connectivity index (χ2v) is 8.18. The minimum absolute atomic E-state index is 0.203. The number of aryl methyl sites for hydroxylation is 1. The molecule has 1 fully saturated rings. The van der Waals surface area contributed by atoms with Crippen molar-refractivity contribution in [1.82, 2.24) is 5.32 Å². The number of aliphatic imine (C=N–C) groups is 1. The Morgan fingerprint density at radius 2 is 1.88 bits per heavy atom. The fraction of sp³-hybridized carbons (Fsp3) is 0.120. The number of rotatable bonds is 6. The Labute approximate surface area is 190 Å². The number of amidine groups is 1. The third kappa shape index (κ3) is 5.36. The number of nitrogens with one attached hydrogen (secondary N) is 1. The van der Waals surface area contributed by atoms with Crippen LogP contribution in [0.4, 0.5) is 10.1 Å². The fourth-order valence-corrected chi connectivity index (χ4v) is 3.89. The molecular formula is C25H21FN2O3S. The molecule has 7 heteroatoms. The van der Waals surface area contributed by atoms with Crippen LogP contribution in [-0.2, 0) is 11.4 Å². The molecular weight excluding hydrogens is 427 g/mol. The average Bonchev–Trinajstić information content (AvgIpc) is 3.12. The first kappa shape index (κ1) is 21.6. The van der Waals surface area contributed by atoms with Crippen LogP contribution in [0.1, 0.15) is 16.7 Å². The molecule has 32 heavy (non-hydrogen) atoms. The molecule has 0 spiro atoms. The van der Waals surface area contributed by atoms with Gasteiger partial charge in [0, 0.05) is 0 Å². The van der Waals surface area contributed by atoms with Crippen LogP contribution in [0.5, 0.6) is 11.5 Å². The highest BCUT2D eigenvalue weighted by Gasteiger charge is 2.24. The van der Waals surface area contributed by atoms with E-state index in [0.717, 1.165) is 22.4 Å². The van der Waals surface area contributed by atoms with Crippen molar-refractivity contribution in [2.75, 3.05) is 7.11 Å². The highest BCUT2D eigenvalue weighted by atomic mass is 32.2. The summed E-state index contributed by atoms with van der Waals surface area (Å²) >= 11 is 1.28. The van der Waals surface area contributed by atoms with Gasteiger partial charge in [-0.05, 0) is 72.3 Å². The van der Waals surface area contributed by atoms with Gasteiger partial charge in [0.25, 0.3) is 5.91 Å². The van der Waals surface area contributed by atoms with Crippen LogP contribution in [0.25, 0.3) is 6.08 Å². The van der Waals surface area contributed by atoms with Gasteiger partial charge in [0.15, 0.2) is 16.7 Å². The molecule has 5 nitrogen and oxygen atoms in total. The molecule has 0 atom stereocenters. The van der Waals surface area contributed by atoms with Crippen molar-refractivity contribution in [3.8, 4) is 11.5 Å². The van der Waals surface area contributed by atoms with E-state index in [2.05, 4.69) is 10.3 Å². The minimum Gasteiger partial charge on any atom is -0.493 e. The molecule has 1 aliphatic rings. The maximum absolute atomic E-state index is 13.4. The van der Waals surface area contributed by atoms with Crippen molar-refractivity contribution in [2.24, 2.45) is 4.99 Å². The van der Waals surface area contributed by atoms with Gasteiger partial charge >= 0.3 is 0 Å². The highest BCUT2D eigenvalue weighted by Crippen LogP contribution is 2.32. The fourth-order valence-electron chi connectivity index (χ4n) is 3.05. The summed E-state index contributed by atoms with van der Waals surface area (Å²) in [6.07, 6.45) is 1.77. The zero-order chi connectivity index (χ0) is 22.5. The van der Waals surface area contributed by atoms with Gasteiger partial charge in [-0.1, -0.05) is 35.9 Å². The molecule has 1 aliphatic heterocycles. The van der Waals surface area contributed by atoms with Gasteiger partial charge < -0.3 is 14.8 Å². The van der Waals surface area contributed by atoms with Gasteiger partial charge in [-0.3, -0.25) is 4.79 Å². The normalized spacial score (nSPS) is 15.8. The van der Waals surface area contributed by atoms with Crippen molar-refractivity contribution < 1.29 is 18.7 Å². The van der Waals surface area contributed by atoms with Gasteiger partial charge in [-0.15, -0.1) is 0 Å². The number of methoxy groups -OCH3 is 1. The van der Waals surface area contributed by atoms with Crippen LogP contribution in [0, 0.1) is 12.7 Å². The first-order valence-electron chi connectivity index (χ1n) is 9.92. The van der Waals surface area contributed by atoms with Gasteiger partial charge in [-0.25, -0.2) is 9.38 Å². The summed E-state index contributed by atoms with van der Waals surface area (Å²) in [7, 11) is 1.55. The molecule has 0 aromatic heterocycles.